The molecule has 0 saturated carbocycles. The van der Waals surface area contributed by atoms with Crippen molar-refractivity contribution >= 4 is 18.0 Å². The molecule has 1 aliphatic heterocycles. The minimum atomic E-state index is -0.625. The van der Waals surface area contributed by atoms with E-state index in [1.807, 2.05) is 55.8 Å². The van der Waals surface area contributed by atoms with Crippen LogP contribution in [0.1, 0.15) is 45.1 Å². The maximum Gasteiger partial charge on any atom is 0.268 e. The maximum atomic E-state index is 12.8. The normalized spacial score (nSPS) is 18.4. The average molecular weight is 440 g/mol. The fourth-order valence-corrected chi connectivity index (χ4v) is 3.98. The van der Waals surface area contributed by atoms with Gasteiger partial charge in [-0.25, -0.2) is 4.99 Å². The zero-order chi connectivity index (χ0) is 23.3. The number of aliphatic imine (C=N–C) groups is 1. The number of aliphatic hydroxyl groups excluding tert-OH is 1. The number of hydrogen-bond acceptors (Lipinski definition) is 5. The fraction of sp³-hybridized carbons (Fsp3) is 0.500. The zero-order valence-electron chi connectivity index (χ0n) is 19.0. The van der Waals surface area contributed by atoms with E-state index < -0.39 is 18.0 Å². The van der Waals surface area contributed by atoms with Gasteiger partial charge in [0.1, 0.15) is 6.04 Å². The SMILES string of the molecule is CCn1nccc1-c1ccc(C(C=NC(=O)[C@@H]2CCCN2C(=O)[C@@H](N)C(C)C)CO)cc1. The molecule has 1 unspecified atom stereocenters. The van der Waals surface area contributed by atoms with Gasteiger partial charge in [0.05, 0.1) is 18.3 Å². The lowest BCUT2D eigenvalue weighted by Crippen LogP contribution is -2.50. The molecule has 3 rings (SSSR count). The van der Waals surface area contributed by atoms with E-state index in [2.05, 4.69) is 10.1 Å². The Morgan fingerprint density at radius 2 is 2.00 bits per heavy atom. The summed E-state index contributed by atoms with van der Waals surface area (Å²) in [4.78, 5) is 31.1. The van der Waals surface area contributed by atoms with Gasteiger partial charge in [0.15, 0.2) is 0 Å². The second kappa shape index (κ2) is 10.7. The van der Waals surface area contributed by atoms with Crippen molar-refractivity contribution in [3.63, 3.8) is 0 Å². The van der Waals surface area contributed by atoms with Gasteiger partial charge in [-0.15, -0.1) is 0 Å². The molecule has 2 heterocycles. The van der Waals surface area contributed by atoms with E-state index in [4.69, 9.17) is 5.73 Å². The molecular weight excluding hydrogens is 406 g/mol. The van der Waals surface area contributed by atoms with Crippen LogP contribution in [0.15, 0.2) is 41.5 Å². The first kappa shape index (κ1) is 23.8. The molecular formula is C24H33N5O3. The summed E-state index contributed by atoms with van der Waals surface area (Å²) < 4.78 is 1.92. The van der Waals surface area contributed by atoms with Crippen molar-refractivity contribution in [1.82, 2.24) is 14.7 Å². The molecule has 0 spiro atoms. The summed E-state index contributed by atoms with van der Waals surface area (Å²) in [6.07, 6.45) is 4.58. The molecule has 0 radical (unpaired) electrons. The van der Waals surface area contributed by atoms with Crippen molar-refractivity contribution in [2.75, 3.05) is 13.2 Å². The van der Waals surface area contributed by atoms with E-state index in [0.717, 1.165) is 29.8 Å². The number of aromatic nitrogens is 2. The smallest absolute Gasteiger partial charge is 0.268 e. The summed E-state index contributed by atoms with van der Waals surface area (Å²) >= 11 is 0. The van der Waals surface area contributed by atoms with Crippen LogP contribution < -0.4 is 5.73 Å². The van der Waals surface area contributed by atoms with E-state index >= 15 is 0 Å². The number of hydrogen-bond donors (Lipinski definition) is 2. The van der Waals surface area contributed by atoms with Crippen molar-refractivity contribution < 1.29 is 14.7 Å². The predicted octanol–water partition coefficient (Wildman–Crippen LogP) is 2.22. The molecule has 1 aromatic carbocycles. The van der Waals surface area contributed by atoms with Crippen LogP contribution in [0.4, 0.5) is 0 Å². The van der Waals surface area contributed by atoms with E-state index in [1.165, 1.54) is 6.21 Å². The average Bonchev–Trinajstić information content (AvgIpc) is 3.48. The zero-order valence-corrected chi connectivity index (χ0v) is 19.0. The number of nitrogens with zero attached hydrogens (tertiary/aromatic N) is 4. The third-order valence-electron chi connectivity index (χ3n) is 6.05. The molecule has 1 aliphatic rings. The fourth-order valence-electron chi connectivity index (χ4n) is 3.98. The van der Waals surface area contributed by atoms with E-state index in [-0.39, 0.29) is 24.3 Å². The standard InChI is InChI=1S/C24H33N5O3/c1-4-29-20(11-12-27-29)18-9-7-17(8-10-18)19(15-30)14-26-23(31)21-6-5-13-28(21)24(32)22(25)16(2)3/h7-12,14,16,19,21-22,30H,4-6,13,15,25H2,1-3H3/t19?,21-,22-/m0/s1. The van der Waals surface area contributed by atoms with Gasteiger partial charge in [-0.1, -0.05) is 38.1 Å². The van der Waals surface area contributed by atoms with Gasteiger partial charge in [0.25, 0.3) is 5.91 Å². The number of likely N-dealkylation sites (tertiary alicyclic amines) is 1. The lowest BCUT2D eigenvalue weighted by atomic mass is 9.99. The van der Waals surface area contributed by atoms with E-state index in [0.29, 0.717) is 13.0 Å². The Balaban J connectivity index is 1.70. The summed E-state index contributed by atoms with van der Waals surface area (Å²) in [5, 5.41) is 14.2. The van der Waals surface area contributed by atoms with Crippen molar-refractivity contribution in [2.45, 2.75) is 58.2 Å². The van der Waals surface area contributed by atoms with Crippen LogP contribution in [-0.4, -0.2) is 63.1 Å². The molecule has 2 aromatic rings. The second-order valence-electron chi connectivity index (χ2n) is 8.52. The molecule has 8 nitrogen and oxygen atoms in total. The molecule has 2 amide bonds. The number of aryl methyl sites for hydroxylation is 1. The second-order valence-corrected chi connectivity index (χ2v) is 8.52. The van der Waals surface area contributed by atoms with Crippen LogP contribution in [0.25, 0.3) is 11.3 Å². The number of rotatable bonds is 8. The van der Waals surface area contributed by atoms with Gasteiger partial charge in [-0.3, -0.25) is 14.3 Å². The first-order chi connectivity index (χ1) is 15.4. The monoisotopic (exact) mass is 439 g/mol. The van der Waals surface area contributed by atoms with Crippen molar-refractivity contribution in [1.29, 1.82) is 0 Å². The Morgan fingerprint density at radius 3 is 2.62 bits per heavy atom. The van der Waals surface area contributed by atoms with Crippen LogP contribution in [0.2, 0.25) is 0 Å². The molecule has 32 heavy (non-hydrogen) atoms. The van der Waals surface area contributed by atoms with Crippen LogP contribution in [-0.2, 0) is 16.1 Å². The van der Waals surface area contributed by atoms with Gasteiger partial charge in [-0.05, 0) is 42.9 Å². The summed E-state index contributed by atoms with van der Waals surface area (Å²) in [6.45, 7) is 6.94. The molecule has 0 aliphatic carbocycles. The third-order valence-corrected chi connectivity index (χ3v) is 6.05. The number of nitrogens with two attached hydrogens (primary N) is 1. The van der Waals surface area contributed by atoms with Crippen molar-refractivity contribution in [3.8, 4) is 11.3 Å². The summed E-state index contributed by atoms with van der Waals surface area (Å²) in [5.41, 5.74) is 8.92. The lowest BCUT2D eigenvalue weighted by molar-refractivity contribution is -0.139. The Hall–Kier alpha value is -2.84. The van der Waals surface area contributed by atoms with E-state index in [9.17, 15) is 14.7 Å². The topological polar surface area (TPSA) is 114 Å². The number of amides is 2. The first-order valence-corrected chi connectivity index (χ1v) is 11.2. The Labute approximate surface area is 189 Å². The summed E-state index contributed by atoms with van der Waals surface area (Å²) in [5.74, 6) is -0.979. The van der Waals surface area contributed by atoms with Crippen molar-refractivity contribution in [3.05, 3.63) is 42.1 Å². The molecule has 3 atom stereocenters. The number of aliphatic hydroxyl groups is 1. The first-order valence-electron chi connectivity index (χ1n) is 11.2. The van der Waals surface area contributed by atoms with Crippen molar-refractivity contribution in [2.24, 2.45) is 16.6 Å². The number of benzene rings is 1. The number of carbonyl (C=O) groups excluding carboxylic acids is 2. The van der Waals surface area contributed by atoms with Crippen LogP contribution in [0.5, 0.6) is 0 Å². The molecule has 1 saturated heterocycles. The highest BCUT2D eigenvalue weighted by molar-refractivity contribution is 5.94. The highest BCUT2D eigenvalue weighted by atomic mass is 16.3. The van der Waals surface area contributed by atoms with Gasteiger partial charge in [-0.2, -0.15) is 5.10 Å². The van der Waals surface area contributed by atoms with Gasteiger partial charge in [0.2, 0.25) is 5.91 Å². The van der Waals surface area contributed by atoms with Gasteiger partial charge in [0, 0.05) is 31.4 Å². The predicted molar refractivity (Wildman–Crippen MR) is 124 cm³/mol. The quantitative estimate of drug-likeness (QED) is 0.612. The summed E-state index contributed by atoms with van der Waals surface area (Å²) in [6, 6.07) is 8.55. The highest BCUT2D eigenvalue weighted by Crippen LogP contribution is 2.23. The third kappa shape index (κ3) is 5.14. The Kier molecular flexibility index (Phi) is 7.93. The van der Waals surface area contributed by atoms with Crippen LogP contribution in [0, 0.1) is 5.92 Å². The molecule has 8 heteroatoms. The Bertz CT molecular complexity index is 951. The number of carbonyl (C=O) groups is 2. The van der Waals surface area contributed by atoms with Crippen LogP contribution >= 0.6 is 0 Å². The molecule has 3 N–H and O–H groups in total. The van der Waals surface area contributed by atoms with Gasteiger partial charge >= 0.3 is 0 Å². The maximum absolute atomic E-state index is 12.8. The molecule has 1 aromatic heterocycles. The molecule has 172 valence electrons. The summed E-state index contributed by atoms with van der Waals surface area (Å²) in [7, 11) is 0. The van der Waals surface area contributed by atoms with Gasteiger partial charge < -0.3 is 15.7 Å². The minimum absolute atomic E-state index is 0.0000542. The molecule has 1 fully saturated rings. The largest absolute Gasteiger partial charge is 0.395 e. The minimum Gasteiger partial charge on any atom is -0.395 e. The molecule has 0 bridgehead atoms. The highest BCUT2D eigenvalue weighted by Gasteiger charge is 2.36. The lowest BCUT2D eigenvalue weighted by Gasteiger charge is -2.27. The Morgan fingerprint density at radius 1 is 1.28 bits per heavy atom. The van der Waals surface area contributed by atoms with E-state index in [1.54, 1.807) is 11.1 Å². The van der Waals surface area contributed by atoms with Crippen LogP contribution in [0.3, 0.4) is 0 Å².